The molecule has 0 aliphatic rings. The SMILES string of the molecule is COCCOCCOc1cccc(C=N)c1OC. The van der Waals surface area contributed by atoms with Crippen LogP contribution in [0.1, 0.15) is 5.56 Å². The summed E-state index contributed by atoms with van der Waals surface area (Å²) in [5.41, 5.74) is 0.690. The first kappa shape index (κ1) is 14.5. The molecule has 0 saturated carbocycles. The number of hydrogen-bond donors (Lipinski definition) is 1. The molecule has 0 amide bonds. The minimum atomic E-state index is 0.432. The third kappa shape index (κ3) is 4.35. The van der Waals surface area contributed by atoms with Crippen molar-refractivity contribution in [3.63, 3.8) is 0 Å². The molecule has 1 N–H and O–H groups in total. The number of para-hydroxylation sites is 1. The molecule has 5 nitrogen and oxygen atoms in total. The van der Waals surface area contributed by atoms with E-state index in [0.29, 0.717) is 43.5 Å². The van der Waals surface area contributed by atoms with Crippen molar-refractivity contribution < 1.29 is 18.9 Å². The van der Waals surface area contributed by atoms with Crippen LogP contribution in [0.2, 0.25) is 0 Å². The first-order valence-electron chi connectivity index (χ1n) is 5.70. The summed E-state index contributed by atoms with van der Waals surface area (Å²) in [6.45, 7) is 2.05. The Balaban J connectivity index is 2.44. The standard InChI is InChI=1S/C13H19NO4/c1-15-6-7-17-8-9-18-12-5-3-4-11(10-14)13(12)16-2/h3-5,10,14H,6-9H2,1-2H3. The highest BCUT2D eigenvalue weighted by Gasteiger charge is 2.07. The van der Waals surface area contributed by atoms with E-state index in [0.717, 1.165) is 0 Å². The van der Waals surface area contributed by atoms with Crippen LogP contribution in [0, 0.1) is 5.41 Å². The fourth-order valence-electron chi connectivity index (χ4n) is 1.43. The lowest BCUT2D eigenvalue weighted by Gasteiger charge is -2.12. The van der Waals surface area contributed by atoms with E-state index in [9.17, 15) is 0 Å². The van der Waals surface area contributed by atoms with Crippen LogP contribution in [0.25, 0.3) is 0 Å². The van der Waals surface area contributed by atoms with Crippen molar-refractivity contribution in [2.24, 2.45) is 0 Å². The highest BCUT2D eigenvalue weighted by atomic mass is 16.5. The van der Waals surface area contributed by atoms with E-state index in [1.54, 1.807) is 26.4 Å². The van der Waals surface area contributed by atoms with Gasteiger partial charge in [0.25, 0.3) is 0 Å². The van der Waals surface area contributed by atoms with Gasteiger partial charge in [0.05, 0.1) is 26.9 Å². The first-order valence-corrected chi connectivity index (χ1v) is 5.70. The number of nitrogens with one attached hydrogen (secondary N) is 1. The van der Waals surface area contributed by atoms with Crippen LogP contribution in [0.4, 0.5) is 0 Å². The topological polar surface area (TPSA) is 60.8 Å². The van der Waals surface area contributed by atoms with E-state index >= 15 is 0 Å². The summed E-state index contributed by atoms with van der Waals surface area (Å²) < 4.78 is 20.9. The van der Waals surface area contributed by atoms with Crippen molar-refractivity contribution in [1.82, 2.24) is 0 Å². The second-order valence-electron chi connectivity index (χ2n) is 3.48. The maximum Gasteiger partial charge on any atom is 0.169 e. The number of hydrogen-bond acceptors (Lipinski definition) is 5. The molecule has 0 radical (unpaired) electrons. The molecule has 0 heterocycles. The molecule has 1 rings (SSSR count). The van der Waals surface area contributed by atoms with Crippen LogP contribution in [0.3, 0.4) is 0 Å². The molecule has 0 unspecified atom stereocenters. The molecule has 1 aromatic carbocycles. The molecular formula is C13H19NO4. The van der Waals surface area contributed by atoms with Gasteiger partial charge in [-0.3, -0.25) is 0 Å². The van der Waals surface area contributed by atoms with Crippen molar-refractivity contribution in [2.45, 2.75) is 0 Å². The third-order valence-corrected chi connectivity index (χ3v) is 2.29. The summed E-state index contributed by atoms with van der Waals surface area (Å²) in [5.74, 6) is 1.19. The number of methoxy groups -OCH3 is 2. The zero-order valence-electron chi connectivity index (χ0n) is 10.8. The zero-order valence-corrected chi connectivity index (χ0v) is 10.8. The predicted octanol–water partition coefficient (Wildman–Crippen LogP) is 1.73. The van der Waals surface area contributed by atoms with Gasteiger partial charge >= 0.3 is 0 Å². The average molecular weight is 253 g/mol. The van der Waals surface area contributed by atoms with Crippen LogP contribution in [-0.2, 0) is 9.47 Å². The quantitative estimate of drug-likeness (QED) is 0.538. The molecule has 0 fully saturated rings. The van der Waals surface area contributed by atoms with Crippen LogP contribution >= 0.6 is 0 Å². The molecule has 0 aromatic heterocycles. The Morgan fingerprint density at radius 1 is 1.11 bits per heavy atom. The van der Waals surface area contributed by atoms with E-state index in [1.165, 1.54) is 6.21 Å². The number of ether oxygens (including phenoxy) is 4. The Labute approximate surface area is 107 Å². The van der Waals surface area contributed by atoms with Gasteiger partial charge in [-0.1, -0.05) is 6.07 Å². The van der Waals surface area contributed by atoms with Gasteiger partial charge in [0, 0.05) is 18.9 Å². The Kier molecular flexibility index (Phi) is 6.83. The van der Waals surface area contributed by atoms with Crippen LogP contribution in [0.5, 0.6) is 11.5 Å². The lowest BCUT2D eigenvalue weighted by atomic mass is 10.2. The van der Waals surface area contributed by atoms with Crippen molar-refractivity contribution in [3.8, 4) is 11.5 Å². The molecule has 0 aliphatic heterocycles. The van der Waals surface area contributed by atoms with E-state index in [4.69, 9.17) is 24.4 Å². The van der Waals surface area contributed by atoms with Crippen LogP contribution in [0.15, 0.2) is 18.2 Å². The van der Waals surface area contributed by atoms with Crippen molar-refractivity contribution in [1.29, 1.82) is 5.41 Å². The normalized spacial score (nSPS) is 10.1. The summed E-state index contributed by atoms with van der Waals surface area (Å²) in [6, 6.07) is 5.43. The summed E-state index contributed by atoms with van der Waals surface area (Å²) in [5, 5.41) is 7.27. The lowest BCUT2D eigenvalue weighted by molar-refractivity contribution is 0.0540. The average Bonchev–Trinajstić information content (AvgIpc) is 2.42. The fourth-order valence-corrected chi connectivity index (χ4v) is 1.43. The second-order valence-corrected chi connectivity index (χ2v) is 3.48. The Bertz CT molecular complexity index is 368. The zero-order chi connectivity index (χ0) is 13.2. The minimum Gasteiger partial charge on any atom is -0.492 e. The number of rotatable bonds is 9. The predicted molar refractivity (Wildman–Crippen MR) is 69.1 cm³/mol. The van der Waals surface area contributed by atoms with Gasteiger partial charge < -0.3 is 24.4 Å². The van der Waals surface area contributed by atoms with E-state index in [1.807, 2.05) is 6.07 Å². The van der Waals surface area contributed by atoms with Gasteiger partial charge in [-0.15, -0.1) is 0 Å². The summed E-state index contributed by atoms with van der Waals surface area (Å²) in [6.07, 6.45) is 1.24. The van der Waals surface area contributed by atoms with E-state index < -0.39 is 0 Å². The summed E-state index contributed by atoms with van der Waals surface area (Å²) in [7, 11) is 3.19. The fraction of sp³-hybridized carbons (Fsp3) is 0.462. The smallest absolute Gasteiger partial charge is 0.169 e. The lowest BCUT2D eigenvalue weighted by Crippen LogP contribution is -2.10. The molecule has 1 aromatic rings. The maximum absolute atomic E-state index is 7.27. The molecule has 0 spiro atoms. The van der Waals surface area contributed by atoms with Crippen LogP contribution in [-0.4, -0.2) is 46.9 Å². The van der Waals surface area contributed by atoms with E-state index in [-0.39, 0.29) is 0 Å². The summed E-state index contributed by atoms with van der Waals surface area (Å²) >= 11 is 0. The van der Waals surface area contributed by atoms with E-state index in [2.05, 4.69) is 0 Å². The van der Waals surface area contributed by atoms with Gasteiger partial charge in [-0.2, -0.15) is 0 Å². The molecule has 100 valence electrons. The van der Waals surface area contributed by atoms with Gasteiger partial charge in [0.1, 0.15) is 6.61 Å². The molecule has 0 aliphatic carbocycles. The summed E-state index contributed by atoms with van der Waals surface area (Å²) in [4.78, 5) is 0. The molecule has 5 heteroatoms. The highest BCUT2D eigenvalue weighted by Crippen LogP contribution is 2.29. The molecule has 0 saturated heterocycles. The Morgan fingerprint density at radius 2 is 1.89 bits per heavy atom. The maximum atomic E-state index is 7.27. The van der Waals surface area contributed by atoms with Gasteiger partial charge in [0.2, 0.25) is 0 Å². The molecule has 18 heavy (non-hydrogen) atoms. The van der Waals surface area contributed by atoms with Gasteiger partial charge in [-0.05, 0) is 12.1 Å². The number of benzene rings is 1. The highest BCUT2D eigenvalue weighted by molar-refractivity contribution is 5.82. The van der Waals surface area contributed by atoms with Crippen LogP contribution < -0.4 is 9.47 Å². The first-order chi connectivity index (χ1) is 8.83. The van der Waals surface area contributed by atoms with Crippen molar-refractivity contribution in [2.75, 3.05) is 40.6 Å². The van der Waals surface area contributed by atoms with Gasteiger partial charge in [0.15, 0.2) is 11.5 Å². The largest absolute Gasteiger partial charge is 0.492 e. The molecular weight excluding hydrogens is 234 g/mol. The molecule has 0 bridgehead atoms. The third-order valence-electron chi connectivity index (χ3n) is 2.29. The van der Waals surface area contributed by atoms with Crippen molar-refractivity contribution in [3.05, 3.63) is 23.8 Å². The van der Waals surface area contributed by atoms with Crippen molar-refractivity contribution >= 4 is 6.21 Å². The van der Waals surface area contributed by atoms with Gasteiger partial charge in [-0.25, -0.2) is 0 Å². The second kappa shape index (κ2) is 8.49. The Morgan fingerprint density at radius 3 is 2.56 bits per heavy atom. The minimum absolute atomic E-state index is 0.432. The molecule has 0 atom stereocenters. The Hall–Kier alpha value is -1.59. The monoisotopic (exact) mass is 253 g/mol.